The smallest absolute Gasteiger partial charge is 0.205 e. The number of nitrogens with two attached hydrogens (primary N) is 1. The van der Waals surface area contributed by atoms with Crippen molar-refractivity contribution < 1.29 is 4.79 Å². The summed E-state index contributed by atoms with van der Waals surface area (Å²) in [5, 5.41) is 0. The average Bonchev–Trinajstić information content (AvgIpc) is 2.65. The molecule has 0 fully saturated rings. The van der Waals surface area contributed by atoms with Crippen LogP contribution < -0.4 is 5.73 Å². The number of thiophene rings is 1. The summed E-state index contributed by atoms with van der Waals surface area (Å²) in [6.45, 7) is 0. The van der Waals surface area contributed by atoms with Gasteiger partial charge in [0, 0.05) is 11.3 Å². The number of carbonyl (C=O) groups is 1. The summed E-state index contributed by atoms with van der Waals surface area (Å²) in [4.78, 5) is 12.7. The number of nitrogen functional groups attached to an aromatic ring is 1. The van der Waals surface area contributed by atoms with E-state index in [0.29, 0.717) is 16.1 Å². The second kappa shape index (κ2) is 4.16. The summed E-state index contributed by atoms with van der Waals surface area (Å²) in [6, 6.07) is 10.8. The molecule has 15 heavy (non-hydrogen) atoms. The van der Waals surface area contributed by atoms with Crippen molar-refractivity contribution in [1.29, 1.82) is 0 Å². The van der Waals surface area contributed by atoms with Gasteiger partial charge in [-0.3, -0.25) is 4.79 Å². The van der Waals surface area contributed by atoms with Crippen LogP contribution >= 0.6 is 27.3 Å². The number of halogens is 1. The van der Waals surface area contributed by atoms with Gasteiger partial charge in [-0.2, -0.15) is 0 Å². The van der Waals surface area contributed by atoms with Crippen molar-refractivity contribution in [3.8, 4) is 0 Å². The highest BCUT2D eigenvalue weighted by Crippen LogP contribution is 2.25. The second-order valence-corrected chi connectivity index (χ2v) is 5.48. The van der Waals surface area contributed by atoms with Gasteiger partial charge in [0.25, 0.3) is 0 Å². The van der Waals surface area contributed by atoms with E-state index < -0.39 is 0 Å². The SMILES string of the molecule is Nc1ccccc1C(=O)c1ccc(Br)s1. The predicted molar refractivity (Wildman–Crippen MR) is 66.3 cm³/mol. The summed E-state index contributed by atoms with van der Waals surface area (Å²) in [7, 11) is 0. The third kappa shape index (κ3) is 2.11. The molecule has 0 saturated heterocycles. The topological polar surface area (TPSA) is 43.1 Å². The zero-order valence-electron chi connectivity index (χ0n) is 7.74. The highest BCUT2D eigenvalue weighted by Gasteiger charge is 2.13. The summed E-state index contributed by atoms with van der Waals surface area (Å²) in [6.07, 6.45) is 0. The molecule has 2 aromatic rings. The minimum Gasteiger partial charge on any atom is -0.398 e. The van der Waals surface area contributed by atoms with E-state index in [2.05, 4.69) is 15.9 Å². The van der Waals surface area contributed by atoms with Gasteiger partial charge in [0.2, 0.25) is 5.78 Å². The van der Waals surface area contributed by atoms with E-state index in [1.807, 2.05) is 18.2 Å². The quantitative estimate of drug-likeness (QED) is 0.678. The van der Waals surface area contributed by atoms with Gasteiger partial charge in [0.1, 0.15) is 0 Å². The summed E-state index contributed by atoms with van der Waals surface area (Å²) >= 11 is 4.74. The number of rotatable bonds is 2. The highest BCUT2D eigenvalue weighted by molar-refractivity contribution is 9.11. The molecule has 0 saturated carbocycles. The maximum absolute atomic E-state index is 12.0. The molecule has 2 rings (SSSR count). The zero-order valence-corrected chi connectivity index (χ0v) is 10.1. The van der Waals surface area contributed by atoms with E-state index in [9.17, 15) is 4.79 Å². The minimum atomic E-state index is -0.0243. The lowest BCUT2D eigenvalue weighted by Gasteiger charge is -2.01. The molecule has 2 N–H and O–H groups in total. The second-order valence-electron chi connectivity index (χ2n) is 3.02. The molecule has 0 amide bonds. The van der Waals surface area contributed by atoms with Gasteiger partial charge in [0.05, 0.1) is 8.66 Å². The Morgan fingerprint density at radius 1 is 1.20 bits per heavy atom. The average molecular weight is 282 g/mol. The largest absolute Gasteiger partial charge is 0.398 e. The number of hydrogen-bond donors (Lipinski definition) is 1. The van der Waals surface area contributed by atoms with Crippen LogP contribution in [-0.4, -0.2) is 5.78 Å². The van der Waals surface area contributed by atoms with Gasteiger partial charge < -0.3 is 5.73 Å². The zero-order chi connectivity index (χ0) is 10.8. The first kappa shape index (κ1) is 10.4. The molecule has 0 aliphatic carbocycles. The minimum absolute atomic E-state index is 0.0243. The normalized spacial score (nSPS) is 10.2. The molecular weight excluding hydrogens is 274 g/mol. The number of anilines is 1. The summed E-state index contributed by atoms with van der Waals surface area (Å²) < 4.78 is 0.945. The van der Waals surface area contributed by atoms with Crippen LogP contribution in [0, 0.1) is 0 Å². The molecule has 1 aromatic carbocycles. The molecule has 0 unspecified atom stereocenters. The monoisotopic (exact) mass is 281 g/mol. The van der Waals surface area contributed by atoms with Crippen molar-refractivity contribution >= 4 is 38.7 Å². The Hall–Kier alpha value is -1.13. The van der Waals surface area contributed by atoms with E-state index in [1.165, 1.54) is 11.3 Å². The van der Waals surface area contributed by atoms with Crippen LogP contribution in [-0.2, 0) is 0 Å². The van der Waals surface area contributed by atoms with Crippen molar-refractivity contribution in [3.63, 3.8) is 0 Å². The highest BCUT2D eigenvalue weighted by atomic mass is 79.9. The number of hydrogen-bond acceptors (Lipinski definition) is 3. The van der Waals surface area contributed by atoms with Crippen molar-refractivity contribution in [2.24, 2.45) is 0 Å². The Bertz CT molecular complexity index is 507. The third-order valence-electron chi connectivity index (χ3n) is 2.00. The fourth-order valence-corrected chi connectivity index (χ4v) is 2.61. The lowest BCUT2D eigenvalue weighted by atomic mass is 10.1. The van der Waals surface area contributed by atoms with E-state index in [-0.39, 0.29) is 5.78 Å². The number of para-hydroxylation sites is 1. The molecule has 1 heterocycles. The Kier molecular flexibility index (Phi) is 2.88. The lowest BCUT2D eigenvalue weighted by molar-refractivity contribution is 0.104. The number of carbonyl (C=O) groups excluding carboxylic acids is 1. The van der Waals surface area contributed by atoms with Crippen LogP contribution in [0.5, 0.6) is 0 Å². The molecule has 76 valence electrons. The molecule has 0 bridgehead atoms. The fraction of sp³-hybridized carbons (Fsp3) is 0. The fourth-order valence-electron chi connectivity index (χ4n) is 1.27. The van der Waals surface area contributed by atoms with Crippen molar-refractivity contribution in [1.82, 2.24) is 0 Å². The van der Waals surface area contributed by atoms with Crippen molar-refractivity contribution in [3.05, 3.63) is 50.6 Å². The van der Waals surface area contributed by atoms with Crippen LogP contribution in [0.2, 0.25) is 0 Å². The Morgan fingerprint density at radius 2 is 1.93 bits per heavy atom. The Morgan fingerprint density at radius 3 is 2.53 bits per heavy atom. The molecule has 0 radical (unpaired) electrons. The van der Waals surface area contributed by atoms with Crippen LogP contribution in [0.3, 0.4) is 0 Å². The summed E-state index contributed by atoms with van der Waals surface area (Å²) in [5.74, 6) is -0.0243. The van der Waals surface area contributed by atoms with Crippen molar-refractivity contribution in [2.75, 3.05) is 5.73 Å². The molecule has 0 aliphatic heterocycles. The first-order chi connectivity index (χ1) is 7.18. The molecule has 0 atom stereocenters. The maximum atomic E-state index is 12.0. The molecule has 0 spiro atoms. The van der Waals surface area contributed by atoms with Gasteiger partial charge in [0.15, 0.2) is 0 Å². The molecule has 2 nitrogen and oxygen atoms in total. The van der Waals surface area contributed by atoms with E-state index >= 15 is 0 Å². The molecule has 0 aliphatic rings. The van der Waals surface area contributed by atoms with Gasteiger partial charge in [-0.15, -0.1) is 11.3 Å². The molecular formula is C11H8BrNOS. The Labute approximate surface area is 99.9 Å². The first-order valence-corrected chi connectivity index (χ1v) is 5.94. The van der Waals surface area contributed by atoms with Gasteiger partial charge in [-0.25, -0.2) is 0 Å². The van der Waals surface area contributed by atoms with Crippen LogP contribution in [0.25, 0.3) is 0 Å². The number of ketones is 1. The number of benzene rings is 1. The van der Waals surface area contributed by atoms with Crippen LogP contribution in [0.4, 0.5) is 5.69 Å². The molecule has 1 aromatic heterocycles. The van der Waals surface area contributed by atoms with E-state index in [1.54, 1.807) is 18.2 Å². The van der Waals surface area contributed by atoms with E-state index in [0.717, 1.165) is 3.79 Å². The maximum Gasteiger partial charge on any atom is 0.205 e. The Balaban J connectivity index is 2.41. The third-order valence-corrected chi connectivity index (χ3v) is 3.62. The standard InChI is InChI=1S/C11H8BrNOS/c12-10-6-5-9(15-10)11(14)7-3-1-2-4-8(7)13/h1-6H,13H2. The first-order valence-electron chi connectivity index (χ1n) is 4.33. The van der Waals surface area contributed by atoms with Crippen LogP contribution in [0.15, 0.2) is 40.2 Å². The van der Waals surface area contributed by atoms with E-state index in [4.69, 9.17) is 5.73 Å². The van der Waals surface area contributed by atoms with Gasteiger partial charge in [-0.05, 0) is 40.2 Å². The molecule has 4 heteroatoms. The van der Waals surface area contributed by atoms with Gasteiger partial charge >= 0.3 is 0 Å². The van der Waals surface area contributed by atoms with Gasteiger partial charge in [-0.1, -0.05) is 12.1 Å². The van der Waals surface area contributed by atoms with Crippen molar-refractivity contribution in [2.45, 2.75) is 0 Å². The van der Waals surface area contributed by atoms with Crippen LogP contribution in [0.1, 0.15) is 15.2 Å². The summed E-state index contributed by atoms with van der Waals surface area (Å²) in [5.41, 5.74) is 6.82. The predicted octanol–water partition coefficient (Wildman–Crippen LogP) is 3.32. The lowest BCUT2D eigenvalue weighted by Crippen LogP contribution is -2.02.